The lowest BCUT2D eigenvalue weighted by Crippen LogP contribution is -2.13. The molecule has 6 nitrogen and oxygen atoms in total. The second kappa shape index (κ2) is 4.43. The number of carbonyl (C=O) groups excluding carboxylic acids is 1. The highest BCUT2D eigenvalue weighted by atomic mass is 32.1. The Kier molecular flexibility index (Phi) is 2.75. The maximum atomic E-state index is 12.3. The second-order valence-corrected chi connectivity index (χ2v) is 4.95. The van der Waals surface area contributed by atoms with E-state index in [1.165, 1.54) is 11.3 Å². The summed E-state index contributed by atoms with van der Waals surface area (Å²) in [7, 11) is 0. The normalized spacial score (nSPS) is 10.8. The quantitative estimate of drug-likeness (QED) is 0.775. The summed E-state index contributed by atoms with van der Waals surface area (Å²) in [6.45, 7) is 3.67. The van der Waals surface area contributed by atoms with Crippen LogP contribution in [0.25, 0.3) is 5.65 Å². The van der Waals surface area contributed by atoms with Crippen molar-refractivity contribution >= 4 is 28.0 Å². The fourth-order valence-electron chi connectivity index (χ4n) is 1.83. The second-order valence-electron chi connectivity index (χ2n) is 4.10. The number of thiazole rings is 1. The molecule has 7 heteroatoms. The fraction of sp³-hybridized carbons (Fsp3) is 0.167. The molecule has 0 aromatic carbocycles. The molecule has 1 N–H and O–H groups in total. The molecule has 3 heterocycles. The maximum Gasteiger partial charge on any atom is 0.263 e. The molecule has 3 aromatic heterocycles. The van der Waals surface area contributed by atoms with Gasteiger partial charge in [-0.05, 0) is 19.9 Å². The summed E-state index contributed by atoms with van der Waals surface area (Å²) < 4.78 is 1.59. The first kappa shape index (κ1) is 11.8. The SMILES string of the molecule is Cc1csc(NC(=O)c2c(C)nn3cccnc23)n1. The van der Waals surface area contributed by atoms with E-state index in [4.69, 9.17) is 0 Å². The van der Waals surface area contributed by atoms with Crippen molar-refractivity contribution in [3.63, 3.8) is 0 Å². The number of hydrogen-bond donors (Lipinski definition) is 1. The monoisotopic (exact) mass is 273 g/mol. The highest BCUT2D eigenvalue weighted by Crippen LogP contribution is 2.18. The van der Waals surface area contributed by atoms with Gasteiger partial charge in [-0.15, -0.1) is 11.3 Å². The van der Waals surface area contributed by atoms with Gasteiger partial charge in [0.05, 0.1) is 11.4 Å². The van der Waals surface area contributed by atoms with Crippen LogP contribution < -0.4 is 5.32 Å². The number of hydrogen-bond acceptors (Lipinski definition) is 5. The lowest BCUT2D eigenvalue weighted by molar-refractivity contribution is 0.102. The van der Waals surface area contributed by atoms with Crippen molar-refractivity contribution in [2.75, 3.05) is 5.32 Å². The van der Waals surface area contributed by atoms with Crippen LogP contribution in [0.2, 0.25) is 0 Å². The molecule has 0 spiro atoms. The van der Waals surface area contributed by atoms with E-state index >= 15 is 0 Å². The summed E-state index contributed by atoms with van der Waals surface area (Å²) >= 11 is 1.40. The molecular formula is C12H11N5OS. The van der Waals surface area contributed by atoms with Crippen LogP contribution in [-0.4, -0.2) is 25.5 Å². The first-order chi connectivity index (χ1) is 9.15. The lowest BCUT2D eigenvalue weighted by Gasteiger charge is -2.00. The number of amides is 1. The van der Waals surface area contributed by atoms with E-state index in [1.807, 2.05) is 12.3 Å². The number of carbonyl (C=O) groups is 1. The Morgan fingerprint density at radius 1 is 1.42 bits per heavy atom. The van der Waals surface area contributed by atoms with Crippen molar-refractivity contribution in [3.8, 4) is 0 Å². The zero-order valence-corrected chi connectivity index (χ0v) is 11.2. The summed E-state index contributed by atoms with van der Waals surface area (Å²) in [5.41, 5.74) is 2.55. The summed E-state index contributed by atoms with van der Waals surface area (Å²) in [4.78, 5) is 20.7. The number of aryl methyl sites for hydroxylation is 2. The summed E-state index contributed by atoms with van der Waals surface area (Å²) in [6.07, 6.45) is 3.40. The van der Waals surface area contributed by atoms with E-state index in [1.54, 1.807) is 29.9 Å². The fourth-order valence-corrected chi connectivity index (χ4v) is 2.52. The Labute approximate surface area is 113 Å². The van der Waals surface area contributed by atoms with Gasteiger partial charge < -0.3 is 0 Å². The highest BCUT2D eigenvalue weighted by molar-refractivity contribution is 7.13. The number of nitrogens with zero attached hydrogens (tertiary/aromatic N) is 4. The minimum absolute atomic E-state index is 0.236. The predicted molar refractivity (Wildman–Crippen MR) is 72.5 cm³/mol. The average molecular weight is 273 g/mol. The molecule has 96 valence electrons. The van der Waals surface area contributed by atoms with Gasteiger partial charge in [-0.25, -0.2) is 14.5 Å². The highest BCUT2D eigenvalue weighted by Gasteiger charge is 2.18. The number of fused-ring (bicyclic) bond motifs is 1. The number of nitrogens with one attached hydrogen (secondary N) is 1. The summed E-state index contributed by atoms with van der Waals surface area (Å²) in [5, 5.41) is 9.50. The van der Waals surface area contributed by atoms with E-state index in [-0.39, 0.29) is 5.91 Å². The van der Waals surface area contributed by atoms with Gasteiger partial charge in [0.2, 0.25) is 0 Å². The average Bonchev–Trinajstić information content (AvgIpc) is 2.91. The van der Waals surface area contributed by atoms with Gasteiger partial charge in [0.15, 0.2) is 10.8 Å². The van der Waals surface area contributed by atoms with Crippen LogP contribution in [0, 0.1) is 13.8 Å². The standard InChI is InChI=1S/C12H11N5OS/c1-7-6-19-12(14-7)15-11(18)9-8(2)16-17-5-3-4-13-10(9)17/h3-6H,1-2H3,(H,14,15,18). The first-order valence-corrected chi connectivity index (χ1v) is 6.56. The molecule has 0 unspecified atom stereocenters. The van der Waals surface area contributed by atoms with Crippen LogP contribution in [0.15, 0.2) is 23.8 Å². The number of aromatic nitrogens is 4. The third kappa shape index (κ3) is 2.08. The van der Waals surface area contributed by atoms with Gasteiger partial charge in [-0.1, -0.05) is 0 Å². The summed E-state index contributed by atoms with van der Waals surface area (Å²) in [6, 6.07) is 1.77. The van der Waals surface area contributed by atoms with Crippen molar-refractivity contribution in [1.29, 1.82) is 0 Å². The Morgan fingerprint density at radius 3 is 3.00 bits per heavy atom. The molecule has 0 radical (unpaired) electrons. The predicted octanol–water partition coefficient (Wildman–Crippen LogP) is 2.05. The Bertz CT molecular complexity index is 760. The zero-order valence-electron chi connectivity index (χ0n) is 10.4. The molecule has 3 rings (SSSR count). The van der Waals surface area contributed by atoms with Crippen molar-refractivity contribution in [1.82, 2.24) is 19.6 Å². The number of anilines is 1. The van der Waals surface area contributed by atoms with E-state index in [9.17, 15) is 4.79 Å². The molecule has 0 aliphatic carbocycles. The van der Waals surface area contributed by atoms with Crippen molar-refractivity contribution in [3.05, 3.63) is 40.8 Å². The van der Waals surface area contributed by atoms with Gasteiger partial charge in [0, 0.05) is 17.8 Å². The third-order valence-corrected chi connectivity index (χ3v) is 3.51. The maximum absolute atomic E-state index is 12.3. The van der Waals surface area contributed by atoms with Crippen molar-refractivity contribution in [2.45, 2.75) is 13.8 Å². The minimum Gasteiger partial charge on any atom is -0.298 e. The molecule has 0 fully saturated rings. The lowest BCUT2D eigenvalue weighted by atomic mass is 10.2. The topological polar surface area (TPSA) is 72.2 Å². The molecule has 0 saturated carbocycles. The Hall–Kier alpha value is -2.28. The summed E-state index contributed by atoms with van der Waals surface area (Å²) in [5.74, 6) is -0.236. The van der Waals surface area contributed by atoms with Crippen LogP contribution in [0.4, 0.5) is 5.13 Å². The van der Waals surface area contributed by atoms with Crippen molar-refractivity contribution < 1.29 is 4.79 Å². The van der Waals surface area contributed by atoms with E-state index in [0.29, 0.717) is 22.0 Å². The molecule has 0 aliphatic rings. The van der Waals surface area contributed by atoms with Gasteiger partial charge in [-0.3, -0.25) is 10.1 Å². The number of rotatable bonds is 2. The minimum atomic E-state index is -0.236. The third-order valence-electron chi connectivity index (χ3n) is 2.64. The van der Waals surface area contributed by atoms with Gasteiger partial charge in [0.25, 0.3) is 5.91 Å². The zero-order chi connectivity index (χ0) is 13.4. The van der Waals surface area contributed by atoms with Crippen LogP contribution in [0.3, 0.4) is 0 Å². The first-order valence-electron chi connectivity index (χ1n) is 5.68. The molecule has 3 aromatic rings. The molecule has 1 amide bonds. The molecule has 0 saturated heterocycles. The molecule has 0 atom stereocenters. The van der Waals surface area contributed by atoms with Crippen LogP contribution in [-0.2, 0) is 0 Å². The van der Waals surface area contributed by atoms with Crippen LogP contribution >= 0.6 is 11.3 Å². The van der Waals surface area contributed by atoms with Gasteiger partial charge >= 0.3 is 0 Å². The van der Waals surface area contributed by atoms with Crippen LogP contribution in [0.5, 0.6) is 0 Å². The van der Waals surface area contributed by atoms with Crippen LogP contribution in [0.1, 0.15) is 21.7 Å². The molecule has 0 bridgehead atoms. The van der Waals surface area contributed by atoms with Gasteiger partial charge in [0.1, 0.15) is 5.56 Å². The van der Waals surface area contributed by atoms with E-state index in [2.05, 4.69) is 20.4 Å². The smallest absolute Gasteiger partial charge is 0.263 e. The molecular weight excluding hydrogens is 262 g/mol. The van der Waals surface area contributed by atoms with E-state index < -0.39 is 0 Å². The molecule has 19 heavy (non-hydrogen) atoms. The Balaban J connectivity index is 1.99. The van der Waals surface area contributed by atoms with Gasteiger partial charge in [-0.2, -0.15) is 5.10 Å². The largest absolute Gasteiger partial charge is 0.298 e. The van der Waals surface area contributed by atoms with E-state index in [0.717, 1.165) is 5.69 Å². The van der Waals surface area contributed by atoms with Crippen molar-refractivity contribution in [2.24, 2.45) is 0 Å². The molecule has 0 aliphatic heterocycles. The Morgan fingerprint density at radius 2 is 2.26 bits per heavy atom.